The molecule has 1 heterocycles. The number of rotatable bonds is 0. The van der Waals surface area contributed by atoms with E-state index < -0.39 is 12.7 Å². The van der Waals surface area contributed by atoms with Gasteiger partial charge in [-0.25, -0.2) is 0 Å². The number of aliphatic hydroxyl groups is 1. The molecule has 42 valence electrons. The van der Waals surface area contributed by atoms with E-state index in [1.807, 2.05) is 0 Å². The maximum atomic E-state index is 8.87. The van der Waals surface area contributed by atoms with Crippen LogP contribution >= 0.6 is 0 Å². The number of ether oxygens (including phenoxy) is 1. The topological polar surface area (TPSA) is 29.5 Å². The van der Waals surface area contributed by atoms with Crippen molar-refractivity contribution < 1.29 is 11.2 Å². The van der Waals surface area contributed by atoms with Crippen LogP contribution in [0.25, 0.3) is 0 Å². The molecule has 0 radical (unpaired) electrons. The Morgan fingerprint density at radius 2 is 2.71 bits per heavy atom. The largest absolute Gasteiger partial charge is 0.391 e. The van der Waals surface area contributed by atoms with Gasteiger partial charge in [0.15, 0.2) is 0 Å². The second kappa shape index (κ2) is 2.28. The van der Waals surface area contributed by atoms with E-state index in [2.05, 4.69) is 0 Å². The molecule has 0 amide bonds. The maximum Gasteiger partial charge on any atom is 0.0774 e. The third-order valence-corrected chi connectivity index (χ3v) is 1.02. The monoisotopic (exact) mass is 103 g/mol. The van der Waals surface area contributed by atoms with E-state index >= 15 is 0 Å². The fraction of sp³-hybridized carbons (Fsp3) is 1.00. The zero-order valence-electron chi connectivity index (χ0n) is 5.13. The van der Waals surface area contributed by atoms with E-state index in [1.165, 1.54) is 0 Å². The molecule has 0 bridgehead atoms. The second-order valence-corrected chi connectivity index (χ2v) is 1.72. The van der Waals surface area contributed by atoms with E-state index in [1.54, 1.807) is 0 Å². The van der Waals surface area contributed by atoms with Crippen molar-refractivity contribution >= 4 is 0 Å². The molecule has 1 aliphatic rings. The number of aliphatic hydroxyl groups excluding tert-OH is 1. The zero-order valence-corrected chi connectivity index (χ0v) is 4.13. The maximum absolute atomic E-state index is 8.87. The standard InChI is InChI=1S/C5H10O2/c6-5-2-1-3-7-4-5/h5-6H,1-4H2/t5-/m0/s1/i4D/t4?,5-. The summed E-state index contributed by atoms with van der Waals surface area (Å²) in [6.45, 7) is -0.0608. The highest BCUT2D eigenvalue weighted by atomic mass is 16.5. The van der Waals surface area contributed by atoms with Gasteiger partial charge in [-0.05, 0) is 12.8 Å². The van der Waals surface area contributed by atoms with E-state index in [-0.39, 0.29) is 0 Å². The summed E-state index contributed by atoms with van der Waals surface area (Å²) >= 11 is 0. The third-order valence-electron chi connectivity index (χ3n) is 1.02. The van der Waals surface area contributed by atoms with Gasteiger partial charge in [-0.15, -0.1) is 0 Å². The molecule has 1 unspecified atom stereocenters. The molecule has 0 aliphatic carbocycles. The minimum Gasteiger partial charge on any atom is -0.391 e. The molecule has 0 saturated carbocycles. The highest BCUT2D eigenvalue weighted by molar-refractivity contribution is 4.57. The first kappa shape index (κ1) is 3.87. The van der Waals surface area contributed by atoms with E-state index in [0.717, 1.165) is 6.42 Å². The summed E-state index contributed by atoms with van der Waals surface area (Å²) in [6.07, 6.45) is 1.05. The third kappa shape index (κ3) is 1.45. The normalized spacial score (nSPS) is 45.6. The molecule has 1 saturated heterocycles. The van der Waals surface area contributed by atoms with Gasteiger partial charge in [-0.2, -0.15) is 0 Å². The molecule has 1 rings (SSSR count). The Hall–Kier alpha value is -0.0800. The Labute approximate surface area is 44.5 Å². The van der Waals surface area contributed by atoms with Gasteiger partial charge in [0.05, 0.1) is 14.1 Å². The lowest BCUT2D eigenvalue weighted by atomic mass is 10.2. The minimum atomic E-state index is -0.691. The van der Waals surface area contributed by atoms with Crippen LogP contribution in [-0.4, -0.2) is 24.4 Å². The summed E-state index contributed by atoms with van der Waals surface area (Å²) < 4.78 is 11.8. The van der Waals surface area contributed by atoms with Crippen molar-refractivity contribution in [2.75, 3.05) is 13.2 Å². The zero-order chi connectivity index (χ0) is 5.98. The summed E-state index contributed by atoms with van der Waals surface area (Å²) in [7, 11) is 0. The molecule has 2 heteroatoms. The molecule has 1 N–H and O–H groups in total. The van der Waals surface area contributed by atoms with Crippen LogP contribution in [0.4, 0.5) is 0 Å². The summed E-state index contributed by atoms with van der Waals surface area (Å²) in [5.74, 6) is 0. The highest BCUT2D eigenvalue weighted by Gasteiger charge is 2.07. The van der Waals surface area contributed by atoms with Crippen molar-refractivity contribution in [3.8, 4) is 0 Å². The van der Waals surface area contributed by atoms with Crippen molar-refractivity contribution in [2.45, 2.75) is 18.9 Å². The molecule has 1 aliphatic heterocycles. The van der Waals surface area contributed by atoms with Gasteiger partial charge >= 0.3 is 0 Å². The average molecular weight is 103 g/mol. The molecular weight excluding hydrogens is 92.1 g/mol. The van der Waals surface area contributed by atoms with Crippen molar-refractivity contribution in [1.29, 1.82) is 0 Å². The molecule has 0 spiro atoms. The van der Waals surface area contributed by atoms with Crippen molar-refractivity contribution in [3.63, 3.8) is 0 Å². The molecule has 0 aromatic carbocycles. The van der Waals surface area contributed by atoms with Crippen LogP contribution in [-0.2, 0) is 4.74 Å². The summed E-state index contributed by atoms with van der Waals surface area (Å²) in [6, 6.07) is 0. The predicted octanol–water partition coefficient (Wildman–Crippen LogP) is 0.158. The lowest BCUT2D eigenvalue weighted by Gasteiger charge is -2.15. The molecule has 2 atom stereocenters. The summed E-state index contributed by atoms with van der Waals surface area (Å²) in [4.78, 5) is 0. The first-order chi connectivity index (χ1) is 3.80. The fourth-order valence-electron chi connectivity index (χ4n) is 0.623. The van der Waals surface area contributed by atoms with Gasteiger partial charge in [0.2, 0.25) is 0 Å². The number of hydrogen-bond donors (Lipinski definition) is 1. The first-order valence-electron chi connectivity index (χ1n) is 3.10. The van der Waals surface area contributed by atoms with Gasteiger partial charge < -0.3 is 9.84 Å². The van der Waals surface area contributed by atoms with Crippen LogP contribution in [0.2, 0.25) is 0 Å². The summed E-state index contributed by atoms with van der Waals surface area (Å²) in [5.41, 5.74) is 0. The van der Waals surface area contributed by atoms with Gasteiger partial charge in [-0.3, -0.25) is 0 Å². The smallest absolute Gasteiger partial charge is 0.0774 e. The summed E-state index contributed by atoms with van der Waals surface area (Å²) in [5, 5.41) is 8.87. The van der Waals surface area contributed by atoms with Crippen LogP contribution < -0.4 is 0 Å². The lowest BCUT2D eigenvalue weighted by molar-refractivity contribution is -0.00535. The van der Waals surface area contributed by atoms with Crippen molar-refractivity contribution in [3.05, 3.63) is 0 Å². The minimum absolute atomic E-state index is 0.552. The molecule has 7 heavy (non-hydrogen) atoms. The van der Waals surface area contributed by atoms with Crippen molar-refractivity contribution in [1.82, 2.24) is 0 Å². The first-order valence-corrected chi connectivity index (χ1v) is 2.52. The fourth-order valence-corrected chi connectivity index (χ4v) is 0.623. The Morgan fingerprint density at radius 3 is 3.14 bits per heavy atom. The Bertz CT molecular complexity index is 66.8. The van der Waals surface area contributed by atoms with Gasteiger partial charge in [0.1, 0.15) is 0 Å². The highest BCUT2D eigenvalue weighted by Crippen LogP contribution is 2.03. The Kier molecular flexibility index (Phi) is 1.26. The van der Waals surface area contributed by atoms with E-state index in [0.29, 0.717) is 13.0 Å². The SMILES string of the molecule is [2H]C1OCCC[C@@H]1O. The molecule has 0 aromatic heterocycles. The lowest BCUT2D eigenvalue weighted by Crippen LogP contribution is -2.21. The average Bonchev–Trinajstić information content (AvgIpc) is 1.77. The molecular formula is C5H10O2. The van der Waals surface area contributed by atoms with Crippen LogP contribution in [0.5, 0.6) is 0 Å². The van der Waals surface area contributed by atoms with Crippen LogP contribution in [0, 0.1) is 0 Å². The predicted molar refractivity (Wildman–Crippen MR) is 26.1 cm³/mol. The van der Waals surface area contributed by atoms with Crippen LogP contribution in [0.15, 0.2) is 0 Å². The van der Waals surface area contributed by atoms with E-state index in [4.69, 9.17) is 11.2 Å². The number of hydrogen-bond acceptors (Lipinski definition) is 2. The Balaban J connectivity index is 2.28. The van der Waals surface area contributed by atoms with Crippen molar-refractivity contribution in [2.24, 2.45) is 0 Å². The molecule has 0 aromatic rings. The quantitative estimate of drug-likeness (QED) is 0.473. The molecule has 1 fully saturated rings. The second-order valence-electron chi connectivity index (χ2n) is 1.72. The van der Waals surface area contributed by atoms with E-state index in [9.17, 15) is 0 Å². The van der Waals surface area contributed by atoms with Crippen LogP contribution in [0.3, 0.4) is 0 Å². The van der Waals surface area contributed by atoms with Gasteiger partial charge in [-0.1, -0.05) is 0 Å². The van der Waals surface area contributed by atoms with Gasteiger partial charge in [0.25, 0.3) is 0 Å². The van der Waals surface area contributed by atoms with Crippen LogP contribution in [0.1, 0.15) is 14.2 Å². The van der Waals surface area contributed by atoms with Gasteiger partial charge in [0, 0.05) is 6.61 Å². The molecule has 2 nitrogen and oxygen atoms in total. The Morgan fingerprint density at radius 1 is 1.86 bits per heavy atom.